The highest BCUT2D eigenvalue weighted by Gasteiger charge is 2.30. The molecule has 0 saturated heterocycles. The van der Waals surface area contributed by atoms with E-state index in [9.17, 15) is 23.3 Å². The van der Waals surface area contributed by atoms with Crippen LogP contribution >= 0.6 is 11.6 Å². The van der Waals surface area contributed by atoms with Crippen molar-refractivity contribution in [1.82, 2.24) is 4.72 Å². The number of hydrogen-bond donors (Lipinski definition) is 1. The van der Waals surface area contributed by atoms with E-state index < -0.39 is 32.9 Å². The SMILES string of the molecule is CC(C)C(NS(=O)(=O)c1ccc(Cl)cc1)C(=O)OCc1cc([N+](=O)[O-])cc2c1OCOC2. The van der Waals surface area contributed by atoms with E-state index in [-0.39, 0.29) is 36.2 Å². The topological polar surface area (TPSA) is 134 Å². The number of hydrogen-bond acceptors (Lipinski definition) is 8. The molecule has 0 fully saturated rings. The van der Waals surface area contributed by atoms with Crippen molar-refractivity contribution >= 4 is 33.3 Å². The molecular formula is C20H21ClN2O8S. The lowest BCUT2D eigenvalue weighted by Crippen LogP contribution is -2.45. The fraction of sp³-hybridized carbons (Fsp3) is 0.350. The van der Waals surface area contributed by atoms with Gasteiger partial charge in [-0.15, -0.1) is 0 Å². The number of carbonyl (C=O) groups excluding carboxylic acids is 1. The van der Waals surface area contributed by atoms with Crippen LogP contribution < -0.4 is 9.46 Å². The molecule has 10 nitrogen and oxygen atoms in total. The monoisotopic (exact) mass is 484 g/mol. The molecule has 1 aliphatic rings. The lowest BCUT2D eigenvalue weighted by molar-refractivity contribution is -0.385. The zero-order valence-corrected chi connectivity index (χ0v) is 18.8. The first-order chi connectivity index (χ1) is 15.1. The third kappa shape index (κ3) is 5.54. The molecular weight excluding hydrogens is 464 g/mol. The van der Waals surface area contributed by atoms with Crippen LogP contribution in [0.15, 0.2) is 41.3 Å². The molecule has 2 aromatic carbocycles. The lowest BCUT2D eigenvalue weighted by Gasteiger charge is -2.23. The smallest absolute Gasteiger partial charge is 0.324 e. The van der Waals surface area contributed by atoms with Crippen LogP contribution in [0.1, 0.15) is 25.0 Å². The number of esters is 1. The van der Waals surface area contributed by atoms with E-state index in [0.29, 0.717) is 16.3 Å². The number of nitro groups is 1. The number of sulfonamides is 1. The molecule has 1 unspecified atom stereocenters. The second-order valence-corrected chi connectivity index (χ2v) is 9.52. The van der Waals surface area contributed by atoms with Crippen LogP contribution in [0.25, 0.3) is 0 Å². The lowest BCUT2D eigenvalue weighted by atomic mass is 10.1. The molecule has 1 atom stereocenters. The average Bonchev–Trinajstić information content (AvgIpc) is 2.75. The number of ether oxygens (including phenoxy) is 3. The standard InChI is InChI=1S/C20H21ClN2O8S/c1-12(2)18(22-32(27,28)17-5-3-15(21)4-6-17)20(24)30-10-14-8-16(23(25)26)7-13-9-29-11-31-19(13)14/h3-8,12,18,22H,9-11H2,1-2H3. The van der Waals surface area contributed by atoms with E-state index in [4.69, 9.17) is 25.8 Å². The summed E-state index contributed by atoms with van der Waals surface area (Å²) in [6, 6.07) is 6.89. The maximum atomic E-state index is 12.7. The molecule has 12 heteroatoms. The van der Waals surface area contributed by atoms with E-state index in [0.717, 1.165) is 0 Å². The Morgan fingerprint density at radius 2 is 1.97 bits per heavy atom. The molecule has 0 aliphatic carbocycles. The highest BCUT2D eigenvalue weighted by Crippen LogP contribution is 2.33. The molecule has 0 spiro atoms. The minimum absolute atomic E-state index is 0.0404. The van der Waals surface area contributed by atoms with E-state index >= 15 is 0 Å². The first-order valence-electron chi connectivity index (χ1n) is 9.53. The Kier molecular flexibility index (Phi) is 7.34. The second-order valence-electron chi connectivity index (χ2n) is 7.37. The van der Waals surface area contributed by atoms with Crippen LogP contribution in [0.4, 0.5) is 5.69 Å². The van der Waals surface area contributed by atoms with Crippen LogP contribution in [0, 0.1) is 16.0 Å². The predicted molar refractivity (Wildman–Crippen MR) is 114 cm³/mol. The van der Waals surface area contributed by atoms with Crippen molar-refractivity contribution in [3.63, 3.8) is 0 Å². The number of nitro benzene ring substituents is 1. The van der Waals surface area contributed by atoms with Crippen molar-refractivity contribution in [3.05, 3.63) is 62.7 Å². The Hall–Kier alpha value is -2.73. The summed E-state index contributed by atoms with van der Waals surface area (Å²) in [6.45, 7) is 3.06. The van der Waals surface area contributed by atoms with Crippen molar-refractivity contribution in [1.29, 1.82) is 0 Å². The number of fused-ring (bicyclic) bond motifs is 1. The predicted octanol–water partition coefficient (Wildman–Crippen LogP) is 3.16. The average molecular weight is 485 g/mol. The number of halogens is 1. The Morgan fingerprint density at radius 1 is 1.28 bits per heavy atom. The number of nitrogens with zero attached hydrogens (tertiary/aromatic N) is 1. The number of rotatable bonds is 8. The first kappa shape index (κ1) is 23.9. The maximum Gasteiger partial charge on any atom is 0.324 e. The van der Waals surface area contributed by atoms with Crippen molar-refractivity contribution in [2.45, 2.75) is 38.0 Å². The number of benzene rings is 2. The first-order valence-corrected chi connectivity index (χ1v) is 11.4. The zero-order chi connectivity index (χ0) is 23.5. The summed E-state index contributed by atoms with van der Waals surface area (Å²) in [6.07, 6.45) is 0. The van der Waals surface area contributed by atoms with Gasteiger partial charge in [-0.05, 0) is 30.2 Å². The highest BCUT2D eigenvalue weighted by molar-refractivity contribution is 7.89. The molecule has 32 heavy (non-hydrogen) atoms. The second kappa shape index (κ2) is 9.82. The van der Waals surface area contributed by atoms with Crippen molar-refractivity contribution in [3.8, 4) is 5.75 Å². The van der Waals surface area contributed by atoms with Gasteiger partial charge in [0.15, 0.2) is 6.79 Å². The van der Waals surface area contributed by atoms with Crippen molar-refractivity contribution < 1.29 is 32.3 Å². The molecule has 172 valence electrons. The van der Waals surface area contributed by atoms with Gasteiger partial charge in [-0.1, -0.05) is 25.4 Å². The molecule has 1 aliphatic heterocycles. The molecule has 2 aromatic rings. The fourth-order valence-electron chi connectivity index (χ4n) is 3.04. The largest absolute Gasteiger partial charge is 0.467 e. The van der Waals surface area contributed by atoms with Gasteiger partial charge in [-0.3, -0.25) is 14.9 Å². The van der Waals surface area contributed by atoms with Gasteiger partial charge in [-0.2, -0.15) is 4.72 Å². The molecule has 0 amide bonds. The Labute approximate surface area is 189 Å². The van der Waals surface area contributed by atoms with E-state index in [1.165, 1.54) is 36.4 Å². The number of non-ortho nitro benzene ring substituents is 1. The van der Waals surface area contributed by atoms with Crippen LogP contribution in [0.2, 0.25) is 5.02 Å². The van der Waals surface area contributed by atoms with Crippen molar-refractivity contribution in [2.24, 2.45) is 5.92 Å². The molecule has 1 N–H and O–H groups in total. The van der Waals surface area contributed by atoms with Crippen LogP contribution in [0.3, 0.4) is 0 Å². The third-order valence-corrected chi connectivity index (χ3v) is 6.39. The third-order valence-electron chi connectivity index (χ3n) is 4.68. The van der Waals surface area contributed by atoms with Gasteiger partial charge >= 0.3 is 5.97 Å². The van der Waals surface area contributed by atoms with Gasteiger partial charge in [0.1, 0.15) is 18.4 Å². The maximum absolute atomic E-state index is 12.7. The highest BCUT2D eigenvalue weighted by atomic mass is 35.5. The molecule has 0 bridgehead atoms. The van der Waals surface area contributed by atoms with E-state index in [2.05, 4.69) is 4.72 Å². The molecule has 0 saturated carbocycles. The molecule has 0 radical (unpaired) electrons. The molecule has 1 heterocycles. The van der Waals surface area contributed by atoms with Gasteiger partial charge < -0.3 is 14.2 Å². The van der Waals surface area contributed by atoms with Gasteiger partial charge in [0.05, 0.1) is 16.4 Å². The van der Waals surface area contributed by atoms with Gasteiger partial charge in [0.25, 0.3) is 5.69 Å². The quantitative estimate of drug-likeness (QED) is 0.343. The van der Waals surface area contributed by atoms with Crippen LogP contribution in [0.5, 0.6) is 5.75 Å². The summed E-state index contributed by atoms with van der Waals surface area (Å²) in [5.41, 5.74) is 0.544. The Balaban J connectivity index is 1.78. The fourth-order valence-corrected chi connectivity index (χ4v) is 4.50. The summed E-state index contributed by atoms with van der Waals surface area (Å²) in [4.78, 5) is 23.3. The summed E-state index contributed by atoms with van der Waals surface area (Å²) in [5, 5.41) is 11.6. The summed E-state index contributed by atoms with van der Waals surface area (Å²) in [7, 11) is -4.02. The van der Waals surface area contributed by atoms with Crippen LogP contribution in [-0.4, -0.2) is 32.1 Å². The zero-order valence-electron chi connectivity index (χ0n) is 17.2. The minimum atomic E-state index is -4.02. The van der Waals surface area contributed by atoms with E-state index in [1.807, 2.05) is 0 Å². The molecule has 0 aromatic heterocycles. The normalized spacial score (nSPS) is 14.4. The van der Waals surface area contributed by atoms with E-state index in [1.54, 1.807) is 13.8 Å². The summed E-state index contributed by atoms with van der Waals surface area (Å²) >= 11 is 5.80. The summed E-state index contributed by atoms with van der Waals surface area (Å²) in [5.74, 6) is -0.921. The number of nitrogens with one attached hydrogen (secondary N) is 1. The van der Waals surface area contributed by atoms with Crippen LogP contribution in [-0.2, 0) is 37.5 Å². The Morgan fingerprint density at radius 3 is 2.59 bits per heavy atom. The summed E-state index contributed by atoms with van der Waals surface area (Å²) < 4.78 is 43.6. The minimum Gasteiger partial charge on any atom is -0.467 e. The van der Waals surface area contributed by atoms with Crippen molar-refractivity contribution in [2.75, 3.05) is 6.79 Å². The van der Waals surface area contributed by atoms with Gasteiger partial charge in [0.2, 0.25) is 10.0 Å². The molecule has 3 rings (SSSR count). The van der Waals surface area contributed by atoms with Gasteiger partial charge in [0, 0.05) is 28.3 Å². The number of carbonyl (C=O) groups is 1. The Bertz CT molecular complexity index is 1120. The van der Waals surface area contributed by atoms with Gasteiger partial charge in [-0.25, -0.2) is 8.42 Å².